The molecule has 18 heavy (non-hydrogen) atoms. The highest BCUT2D eigenvalue weighted by Crippen LogP contribution is 2.32. The Balaban J connectivity index is 1.63. The van der Waals surface area contributed by atoms with Crippen LogP contribution in [-0.2, 0) is 9.84 Å². The Bertz CT molecular complexity index is 401. The van der Waals surface area contributed by atoms with E-state index in [1.54, 1.807) is 0 Å². The lowest BCUT2D eigenvalue weighted by molar-refractivity contribution is 0.134. The average Bonchev–Trinajstić information content (AvgIpc) is 2.88. The van der Waals surface area contributed by atoms with E-state index in [0.717, 1.165) is 39.0 Å². The normalized spacial score (nSPS) is 35.2. The molecule has 1 saturated carbocycles. The van der Waals surface area contributed by atoms with Crippen molar-refractivity contribution in [3.05, 3.63) is 0 Å². The van der Waals surface area contributed by atoms with E-state index >= 15 is 0 Å². The maximum Gasteiger partial charge on any atom is 0.154 e. The number of nitrogens with one attached hydrogen (secondary N) is 1. The summed E-state index contributed by atoms with van der Waals surface area (Å²) >= 11 is 0. The molecule has 0 amide bonds. The highest BCUT2D eigenvalue weighted by molar-refractivity contribution is 7.92. The summed E-state index contributed by atoms with van der Waals surface area (Å²) in [6, 6.07) is 0. The minimum absolute atomic E-state index is 0.0888. The molecule has 0 aromatic carbocycles. The Morgan fingerprint density at radius 3 is 2.67 bits per heavy atom. The summed E-state index contributed by atoms with van der Waals surface area (Å²) in [5, 5.41) is 3.59. The summed E-state index contributed by atoms with van der Waals surface area (Å²) in [6.45, 7) is 3.85. The molecule has 2 aliphatic heterocycles. The summed E-state index contributed by atoms with van der Waals surface area (Å²) in [5.74, 6) is 0.412. The van der Waals surface area contributed by atoms with Gasteiger partial charge in [0.25, 0.3) is 0 Å². The highest BCUT2D eigenvalue weighted by Gasteiger charge is 2.40. The van der Waals surface area contributed by atoms with Crippen LogP contribution < -0.4 is 5.32 Å². The van der Waals surface area contributed by atoms with Crippen molar-refractivity contribution in [2.24, 2.45) is 0 Å². The van der Waals surface area contributed by atoms with E-state index in [9.17, 15) is 8.42 Å². The topological polar surface area (TPSA) is 49.4 Å². The second kappa shape index (κ2) is 4.76. The zero-order valence-electron chi connectivity index (χ0n) is 11.0. The van der Waals surface area contributed by atoms with Gasteiger partial charge in [0.15, 0.2) is 9.84 Å². The lowest BCUT2D eigenvalue weighted by Gasteiger charge is -2.42. The van der Waals surface area contributed by atoms with Crippen LogP contribution in [0.2, 0.25) is 0 Å². The van der Waals surface area contributed by atoms with E-state index in [1.807, 2.05) is 0 Å². The van der Waals surface area contributed by atoms with Crippen LogP contribution in [0.15, 0.2) is 0 Å². The standard InChI is InChI=1S/C13H24N2O2S/c16-18(17)9-3-4-12(18)10-15-8-7-14-13(11-15)5-1-2-6-13/h12,14H,1-11H2. The van der Waals surface area contributed by atoms with Crippen LogP contribution in [0.4, 0.5) is 0 Å². The van der Waals surface area contributed by atoms with Gasteiger partial charge < -0.3 is 5.32 Å². The lowest BCUT2D eigenvalue weighted by atomic mass is 9.94. The molecule has 2 heterocycles. The van der Waals surface area contributed by atoms with E-state index in [-0.39, 0.29) is 5.25 Å². The molecule has 4 nitrogen and oxygen atoms in total. The summed E-state index contributed by atoms with van der Waals surface area (Å²) in [6.07, 6.45) is 6.91. The fourth-order valence-electron chi connectivity index (χ4n) is 3.94. The summed E-state index contributed by atoms with van der Waals surface area (Å²) in [7, 11) is -2.78. The molecule has 3 rings (SSSR count). The Hall–Kier alpha value is -0.130. The van der Waals surface area contributed by atoms with Crippen molar-refractivity contribution >= 4 is 9.84 Å². The minimum atomic E-state index is -2.78. The van der Waals surface area contributed by atoms with Crippen LogP contribution in [0.5, 0.6) is 0 Å². The smallest absolute Gasteiger partial charge is 0.154 e. The van der Waals surface area contributed by atoms with Gasteiger partial charge in [-0.25, -0.2) is 8.42 Å². The van der Waals surface area contributed by atoms with Gasteiger partial charge in [-0.05, 0) is 25.7 Å². The van der Waals surface area contributed by atoms with E-state index in [0.29, 0.717) is 11.3 Å². The summed E-state index contributed by atoms with van der Waals surface area (Å²) in [4.78, 5) is 2.40. The van der Waals surface area contributed by atoms with Gasteiger partial charge in [-0.15, -0.1) is 0 Å². The predicted octanol–water partition coefficient (Wildman–Crippen LogP) is 0.782. The minimum Gasteiger partial charge on any atom is -0.309 e. The average molecular weight is 272 g/mol. The second-order valence-corrected chi connectivity index (χ2v) is 8.68. The van der Waals surface area contributed by atoms with Crippen LogP contribution >= 0.6 is 0 Å². The predicted molar refractivity (Wildman–Crippen MR) is 72.5 cm³/mol. The SMILES string of the molecule is O=S1(=O)CCCC1CN1CCNC2(CCCC2)C1. The zero-order chi connectivity index (χ0) is 12.6. The van der Waals surface area contributed by atoms with Crippen LogP contribution in [-0.4, -0.2) is 56.0 Å². The maximum absolute atomic E-state index is 11.9. The van der Waals surface area contributed by atoms with E-state index in [2.05, 4.69) is 10.2 Å². The lowest BCUT2D eigenvalue weighted by Crippen LogP contribution is -2.60. The first-order valence-electron chi connectivity index (χ1n) is 7.29. The zero-order valence-corrected chi connectivity index (χ0v) is 11.8. The van der Waals surface area contributed by atoms with Gasteiger partial charge in [-0.1, -0.05) is 12.8 Å². The highest BCUT2D eigenvalue weighted by atomic mass is 32.2. The molecule has 1 aliphatic carbocycles. The van der Waals surface area contributed by atoms with Crippen molar-refractivity contribution in [1.29, 1.82) is 0 Å². The van der Waals surface area contributed by atoms with Crippen LogP contribution in [0, 0.1) is 0 Å². The Labute approximate surface area is 110 Å². The van der Waals surface area contributed by atoms with Crippen LogP contribution in [0.1, 0.15) is 38.5 Å². The van der Waals surface area contributed by atoms with Crippen molar-refractivity contribution in [1.82, 2.24) is 10.2 Å². The molecule has 1 N–H and O–H groups in total. The molecule has 104 valence electrons. The first kappa shape index (κ1) is 12.9. The third kappa shape index (κ3) is 2.45. The molecule has 3 aliphatic rings. The van der Waals surface area contributed by atoms with E-state index in [4.69, 9.17) is 0 Å². The molecule has 0 radical (unpaired) electrons. The van der Waals surface area contributed by atoms with Crippen LogP contribution in [0.3, 0.4) is 0 Å². The number of hydrogen-bond acceptors (Lipinski definition) is 4. The molecule has 0 aromatic heterocycles. The summed E-state index contributed by atoms with van der Waals surface area (Å²) in [5.41, 5.74) is 0.306. The summed E-state index contributed by atoms with van der Waals surface area (Å²) < 4.78 is 23.8. The van der Waals surface area contributed by atoms with Gasteiger partial charge in [-0.2, -0.15) is 0 Å². The van der Waals surface area contributed by atoms with Crippen molar-refractivity contribution in [2.75, 3.05) is 31.9 Å². The van der Waals surface area contributed by atoms with Crippen molar-refractivity contribution < 1.29 is 8.42 Å². The quantitative estimate of drug-likeness (QED) is 0.807. The van der Waals surface area contributed by atoms with Gasteiger partial charge in [-0.3, -0.25) is 4.90 Å². The number of piperazine rings is 1. The van der Waals surface area contributed by atoms with E-state index < -0.39 is 9.84 Å². The van der Waals surface area contributed by atoms with Crippen molar-refractivity contribution in [3.63, 3.8) is 0 Å². The molecule has 0 aromatic rings. The Morgan fingerprint density at radius 2 is 2.00 bits per heavy atom. The van der Waals surface area contributed by atoms with Gasteiger partial charge in [0.1, 0.15) is 0 Å². The fourth-order valence-corrected chi connectivity index (χ4v) is 5.80. The molecule has 1 atom stereocenters. The number of sulfone groups is 1. The number of nitrogens with zero attached hydrogens (tertiary/aromatic N) is 1. The first-order valence-corrected chi connectivity index (χ1v) is 9.00. The molecular formula is C13H24N2O2S. The fraction of sp³-hybridized carbons (Fsp3) is 1.00. The van der Waals surface area contributed by atoms with Crippen LogP contribution in [0.25, 0.3) is 0 Å². The Kier molecular flexibility index (Phi) is 3.41. The second-order valence-electron chi connectivity index (χ2n) is 6.28. The molecule has 3 fully saturated rings. The van der Waals surface area contributed by atoms with Gasteiger partial charge in [0.05, 0.1) is 11.0 Å². The van der Waals surface area contributed by atoms with Crippen molar-refractivity contribution in [3.8, 4) is 0 Å². The Morgan fingerprint density at radius 1 is 1.22 bits per heavy atom. The largest absolute Gasteiger partial charge is 0.309 e. The third-order valence-electron chi connectivity index (χ3n) is 4.94. The molecule has 1 unspecified atom stereocenters. The molecule has 0 bridgehead atoms. The molecule has 1 spiro atoms. The van der Waals surface area contributed by atoms with Gasteiger partial charge >= 0.3 is 0 Å². The monoisotopic (exact) mass is 272 g/mol. The molecule has 2 saturated heterocycles. The van der Waals surface area contributed by atoms with Gasteiger partial charge in [0.2, 0.25) is 0 Å². The number of rotatable bonds is 2. The third-order valence-corrected chi connectivity index (χ3v) is 7.20. The molecule has 5 heteroatoms. The van der Waals surface area contributed by atoms with Crippen molar-refractivity contribution in [2.45, 2.75) is 49.3 Å². The first-order chi connectivity index (χ1) is 8.60. The maximum atomic E-state index is 11.9. The number of hydrogen-bond donors (Lipinski definition) is 1. The van der Waals surface area contributed by atoms with Gasteiger partial charge in [0, 0.05) is 31.7 Å². The molecular weight excluding hydrogens is 248 g/mol. The van der Waals surface area contributed by atoms with E-state index in [1.165, 1.54) is 25.7 Å².